The summed E-state index contributed by atoms with van der Waals surface area (Å²) < 4.78 is 0. The maximum Gasteiger partial charge on any atom is 0.101 e. The summed E-state index contributed by atoms with van der Waals surface area (Å²) in [5.74, 6) is 0.501. The minimum atomic E-state index is -0.0653. The molecule has 1 aromatic rings. The molecule has 2 rings (SSSR count). The van der Waals surface area contributed by atoms with Crippen molar-refractivity contribution in [1.82, 2.24) is 0 Å². The lowest BCUT2D eigenvalue weighted by Crippen LogP contribution is -2.84. The van der Waals surface area contributed by atoms with Crippen molar-refractivity contribution in [3.05, 3.63) is 35.9 Å². The van der Waals surface area contributed by atoms with E-state index in [1.54, 1.807) is 0 Å². The van der Waals surface area contributed by atoms with Gasteiger partial charge < -0.3 is 10.4 Å². The van der Waals surface area contributed by atoms with Crippen LogP contribution in [-0.4, -0.2) is 17.8 Å². The third-order valence-corrected chi connectivity index (χ3v) is 3.81. The zero-order chi connectivity index (χ0) is 11.9. The molecule has 1 aliphatic carbocycles. The summed E-state index contributed by atoms with van der Waals surface area (Å²) in [4.78, 5) is 0. The molecule has 2 heteroatoms. The van der Waals surface area contributed by atoms with Crippen LogP contribution in [-0.2, 0) is 6.54 Å². The molecule has 0 bridgehead atoms. The topological polar surface area (TPSA) is 36.8 Å². The molecule has 1 saturated carbocycles. The van der Waals surface area contributed by atoms with Gasteiger partial charge in [-0.15, -0.1) is 0 Å². The van der Waals surface area contributed by atoms with Gasteiger partial charge in [0.05, 0.1) is 12.6 Å². The van der Waals surface area contributed by atoms with E-state index in [0.717, 1.165) is 19.5 Å². The largest absolute Gasteiger partial charge is 0.393 e. The van der Waals surface area contributed by atoms with E-state index in [9.17, 15) is 5.11 Å². The molecule has 0 aromatic heterocycles. The van der Waals surface area contributed by atoms with Crippen molar-refractivity contribution < 1.29 is 10.4 Å². The van der Waals surface area contributed by atoms with Crippen LogP contribution in [0.5, 0.6) is 0 Å². The Kier molecular flexibility index (Phi) is 5.02. The van der Waals surface area contributed by atoms with Crippen LogP contribution in [0.25, 0.3) is 0 Å². The van der Waals surface area contributed by atoms with Gasteiger partial charge in [0.1, 0.15) is 6.54 Å². The van der Waals surface area contributed by atoms with Crippen molar-refractivity contribution in [3.8, 4) is 0 Å². The molecule has 1 aromatic carbocycles. The van der Waals surface area contributed by atoms with Gasteiger partial charge in [0.2, 0.25) is 0 Å². The highest BCUT2D eigenvalue weighted by atomic mass is 16.3. The Morgan fingerprint density at radius 3 is 2.65 bits per heavy atom. The lowest BCUT2D eigenvalue weighted by Gasteiger charge is -2.18. The van der Waals surface area contributed by atoms with Gasteiger partial charge in [-0.05, 0) is 12.8 Å². The summed E-state index contributed by atoms with van der Waals surface area (Å²) in [7, 11) is 0. The molecular weight excluding hydrogens is 210 g/mol. The molecular formula is C15H24NO+. The molecule has 1 fully saturated rings. The first-order valence-electron chi connectivity index (χ1n) is 6.90. The smallest absolute Gasteiger partial charge is 0.101 e. The standard InChI is InChI=1S/C15H23NO/c17-15-10-6-2-5-9-14(15)12-16-11-13-7-3-1-4-8-13/h1,3-4,7-8,14-17H,2,5-6,9-12H2/p+1. The van der Waals surface area contributed by atoms with Crippen molar-refractivity contribution in [2.45, 2.75) is 44.8 Å². The fraction of sp³-hybridized carbons (Fsp3) is 0.600. The van der Waals surface area contributed by atoms with Crippen LogP contribution >= 0.6 is 0 Å². The third kappa shape index (κ3) is 4.14. The van der Waals surface area contributed by atoms with E-state index in [1.165, 1.54) is 31.2 Å². The molecule has 0 aliphatic heterocycles. The molecule has 17 heavy (non-hydrogen) atoms. The van der Waals surface area contributed by atoms with Crippen LogP contribution < -0.4 is 5.32 Å². The summed E-state index contributed by atoms with van der Waals surface area (Å²) in [5.41, 5.74) is 1.37. The molecule has 94 valence electrons. The normalized spacial score (nSPS) is 25.5. The molecule has 0 spiro atoms. The number of quaternary nitrogens is 1. The lowest BCUT2D eigenvalue weighted by molar-refractivity contribution is -0.677. The van der Waals surface area contributed by atoms with Crippen molar-refractivity contribution in [2.75, 3.05) is 6.54 Å². The molecule has 0 radical (unpaired) electrons. The van der Waals surface area contributed by atoms with Crippen molar-refractivity contribution in [1.29, 1.82) is 0 Å². The molecule has 3 N–H and O–H groups in total. The third-order valence-electron chi connectivity index (χ3n) is 3.81. The summed E-state index contributed by atoms with van der Waals surface area (Å²) in [5, 5.41) is 12.4. The predicted molar refractivity (Wildman–Crippen MR) is 69.5 cm³/mol. The van der Waals surface area contributed by atoms with E-state index in [-0.39, 0.29) is 6.10 Å². The van der Waals surface area contributed by atoms with Gasteiger partial charge in [0, 0.05) is 11.5 Å². The lowest BCUT2D eigenvalue weighted by atomic mass is 9.97. The Labute approximate surface area is 104 Å². The van der Waals surface area contributed by atoms with Gasteiger partial charge in [-0.2, -0.15) is 0 Å². The minimum Gasteiger partial charge on any atom is -0.393 e. The molecule has 0 saturated heterocycles. The summed E-state index contributed by atoms with van der Waals surface area (Å²) in [6.45, 7) is 2.10. The molecule has 0 heterocycles. The first-order valence-corrected chi connectivity index (χ1v) is 6.90. The Morgan fingerprint density at radius 1 is 1.06 bits per heavy atom. The van der Waals surface area contributed by atoms with Gasteiger partial charge in [0.25, 0.3) is 0 Å². The maximum absolute atomic E-state index is 10.0. The van der Waals surface area contributed by atoms with Crippen LogP contribution in [0.1, 0.15) is 37.7 Å². The zero-order valence-electron chi connectivity index (χ0n) is 10.5. The van der Waals surface area contributed by atoms with Gasteiger partial charge >= 0.3 is 0 Å². The molecule has 2 unspecified atom stereocenters. The Hall–Kier alpha value is -0.860. The van der Waals surface area contributed by atoms with Crippen LogP contribution in [0.4, 0.5) is 0 Å². The highest BCUT2D eigenvalue weighted by molar-refractivity contribution is 5.12. The second kappa shape index (κ2) is 6.77. The predicted octanol–water partition coefficient (Wildman–Crippen LogP) is 1.69. The fourth-order valence-corrected chi connectivity index (χ4v) is 2.72. The van der Waals surface area contributed by atoms with Crippen molar-refractivity contribution >= 4 is 0 Å². The molecule has 2 nitrogen and oxygen atoms in total. The van der Waals surface area contributed by atoms with E-state index < -0.39 is 0 Å². The zero-order valence-corrected chi connectivity index (χ0v) is 10.5. The van der Waals surface area contributed by atoms with Gasteiger partial charge in [0.15, 0.2) is 0 Å². The average molecular weight is 234 g/mol. The second-order valence-corrected chi connectivity index (χ2v) is 5.18. The Balaban J connectivity index is 1.73. The number of hydrogen-bond acceptors (Lipinski definition) is 1. The first-order chi connectivity index (χ1) is 8.36. The maximum atomic E-state index is 10.0. The summed E-state index contributed by atoms with van der Waals surface area (Å²) in [6.07, 6.45) is 5.93. The molecule has 2 atom stereocenters. The number of aliphatic hydroxyl groups excluding tert-OH is 1. The first kappa shape index (κ1) is 12.6. The van der Waals surface area contributed by atoms with Crippen LogP contribution in [0.2, 0.25) is 0 Å². The average Bonchev–Trinajstić information content (AvgIpc) is 2.56. The monoisotopic (exact) mass is 234 g/mol. The number of rotatable bonds is 4. The van der Waals surface area contributed by atoms with Crippen LogP contribution in [0.15, 0.2) is 30.3 Å². The number of nitrogens with two attached hydrogens (primary N) is 1. The Morgan fingerprint density at radius 2 is 1.82 bits per heavy atom. The van der Waals surface area contributed by atoms with Crippen LogP contribution in [0, 0.1) is 5.92 Å². The minimum absolute atomic E-state index is 0.0653. The van der Waals surface area contributed by atoms with Gasteiger partial charge in [-0.25, -0.2) is 0 Å². The summed E-state index contributed by atoms with van der Waals surface area (Å²) >= 11 is 0. The van der Waals surface area contributed by atoms with E-state index in [4.69, 9.17) is 0 Å². The molecule has 1 aliphatic rings. The highest BCUT2D eigenvalue weighted by Gasteiger charge is 2.22. The Bertz CT molecular complexity index is 312. The second-order valence-electron chi connectivity index (χ2n) is 5.18. The highest BCUT2D eigenvalue weighted by Crippen LogP contribution is 2.22. The molecule has 0 amide bonds. The quantitative estimate of drug-likeness (QED) is 0.764. The van der Waals surface area contributed by atoms with E-state index in [2.05, 4.69) is 35.6 Å². The van der Waals surface area contributed by atoms with Crippen molar-refractivity contribution in [2.24, 2.45) is 5.92 Å². The van der Waals surface area contributed by atoms with Crippen LogP contribution in [0.3, 0.4) is 0 Å². The van der Waals surface area contributed by atoms with Gasteiger partial charge in [-0.1, -0.05) is 49.6 Å². The van der Waals surface area contributed by atoms with E-state index in [1.807, 2.05) is 0 Å². The van der Waals surface area contributed by atoms with Gasteiger partial charge in [-0.3, -0.25) is 0 Å². The number of benzene rings is 1. The number of aliphatic hydroxyl groups is 1. The van der Waals surface area contributed by atoms with E-state index in [0.29, 0.717) is 5.92 Å². The fourth-order valence-electron chi connectivity index (χ4n) is 2.72. The number of hydrogen-bond donors (Lipinski definition) is 2. The van der Waals surface area contributed by atoms with E-state index >= 15 is 0 Å². The SMILES string of the molecule is OC1CCCCCC1C[NH2+]Cc1ccccc1. The summed E-state index contributed by atoms with van der Waals surface area (Å²) in [6, 6.07) is 10.6. The van der Waals surface area contributed by atoms with Crippen molar-refractivity contribution in [3.63, 3.8) is 0 Å².